The Morgan fingerprint density at radius 2 is 1.91 bits per heavy atom. The topological polar surface area (TPSA) is 92.9 Å². The Balaban J connectivity index is 1.77. The summed E-state index contributed by atoms with van der Waals surface area (Å²) in [5.41, 5.74) is 3.01. The second-order valence-electron chi connectivity index (χ2n) is 4.76. The van der Waals surface area contributed by atoms with E-state index in [0.29, 0.717) is 12.1 Å². The highest BCUT2D eigenvalue weighted by Crippen LogP contribution is 2.17. The fraction of sp³-hybridized carbons (Fsp3) is 0.0667. The number of carbonyl (C=O) groups is 1. The largest absolute Gasteiger partial charge is 0.288 e. The van der Waals surface area contributed by atoms with Gasteiger partial charge in [-0.15, -0.1) is 10.2 Å². The van der Waals surface area contributed by atoms with Gasteiger partial charge >= 0.3 is 0 Å². The van der Waals surface area contributed by atoms with Gasteiger partial charge in [-0.2, -0.15) is 4.80 Å². The zero-order valence-corrected chi connectivity index (χ0v) is 11.8. The molecule has 0 radical (unpaired) electrons. The van der Waals surface area contributed by atoms with Crippen molar-refractivity contribution in [3.8, 4) is 11.4 Å². The fourth-order valence-corrected chi connectivity index (χ4v) is 2.05. The Bertz CT molecular complexity index is 832. The lowest BCUT2D eigenvalue weighted by molar-refractivity contribution is 0.0706. The van der Waals surface area contributed by atoms with E-state index in [1.165, 1.54) is 10.9 Å². The molecule has 0 atom stereocenters. The van der Waals surface area contributed by atoms with Gasteiger partial charge in [0.25, 0.3) is 5.91 Å². The summed E-state index contributed by atoms with van der Waals surface area (Å²) in [6, 6.07) is 12.7. The maximum atomic E-state index is 13.7. The first-order valence-electron chi connectivity index (χ1n) is 6.73. The number of nitrogens with one attached hydrogen (secondary N) is 1. The average Bonchev–Trinajstić information content (AvgIpc) is 3.03. The maximum absolute atomic E-state index is 13.7. The number of hydrogen-bond donors (Lipinski definition) is 2. The van der Waals surface area contributed by atoms with E-state index in [-0.39, 0.29) is 11.4 Å². The summed E-state index contributed by atoms with van der Waals surface area (Å²) < 4.78 is 13.7. The highest BCUT2D eigenvalue weighted by molar-refractivity contribution is 5.93. The van der Waals surface area contributed by atoms with Gasteiger partial charge in [0.15, 0.2) is 0 Å². The van der Waals surface area contributed by atoms with Crippen LogP contribution in [0.15, 0.2) is 48.5 Å². The predicted octanol–water partition coefficient (Wildman–Crippen LogP) is 1.65. The Kier molecular flexibility index (Phi) is 4.07. The summed E-state index contributed by atoms with van der Waals surface area (Å²) in [5, 5.41) is 20.4. The van der Waals surface area contributed by atoms with E-state index in [4.69, 9.17) is 5.21 Å². The highest BCUT2D eigenvalue weighted by atomic mass is 19.1. The molecule has 0 bridgehead atoms. The summed E-state index contributed by atoms with van der Waals surface area (Å²) in [5.74, 6) is -0.789. The molecule has 2 N–H and O–H groups in total. The molecule has 3 aromatic rings. The molecule has 0 spiro atoms. The molecule has 8 heteroatoms. The van der Waals surface area contributed by atoms with Crippen LogP contribution in [0.2, 0.25) is 0 Å². The van der Waals surface area contributed by atoms with Gasteiger partial charge in [0.05, 0.1) is 12.1 Å². The van der Waals surface area contributed by atoms with Gasteiger partial charge in [0, 0.05) is 5.56 Å². The number of benzene rings is 2. The van der Waals surface area contributed by atoms with Crippen LogP contribution in [0.5, 0.6) is 0 Å². The lowest BCUT2D eigenvalue weighted by Gasteiger charge is -2.02. The standard InChI is InChI=1S/C15H12FN5O2/c16-13-4-2-1-3-12(13)14-17-20-21(18-14)9-10-5-7-11(8-6-10)15(22)19-23/h1-8,23H,9H2,(H,19,22). The van der Waals surface area contributed by atoms with Gasteiger partial charge in [0.2, 0.25) is 5.82 Å². The number of carbonyl (C=O) groups excluding carboxylic acids is 1. The second-order valence-corrected chi connectivity index (χ2v) is 4.76. The van der Waals surface area contributed by atoms with Crippen LogP contribution in [-0.4, -0.2) is 31.3 Å². The van der Waals surface area contributed by atoms with Gasteiger partial charge in [-0.05, 0) is 35.0 Å². The van der Waals surface area contributed by atoms with Crippen LogP contribution >= 0.6 is 0 Å². The van der Waals surface area contributed by atoms with Crippen LogP contribution < -0.4 is 5.48 Å². The molecule has 2 aromatic carbocycles. The van der Waals surface area contributed by atoms with Gasteiger partial charge < -0.3 is 0 Å². The zero-order chi connectivity index (χ0) is 16.2. The van der Waals surface area contributed by atoms with Crippen molar-refractivity contribution < 1.29 is 14.4 Å². The van der Waals surface area contributed by atoms with Gasteiger partial charge in [-0.1, -0.05) is 24.3 Å². The maximum Gasteiger partial charge on any atom is 0.274 e. The fourth-order valence-electron chi connectivity index (χ4n) is 2.05. The average molecular weight is 313 g/mol. The molecule has 1 aromatic heterocycles. The summed E-state index contributed by atoms with van der Waals surface area (Å²) in [6.07, 6.45) is 0. The molecule has 0 fully saturated rings. The molecular weight excluding hydrogens is 301 g/mol. The molecule has 1 heterocycles. The summed E-state index contributed by atoms with van der Waals surface area (Å²) in [6.45, 7) is 0.322. The van der Waals surface area contributed by atoms with Crippen LogP contribution in [-0.2, 0) is 6.54 Å². The Morgan fingerprint density at radius 1 is 1.17 bits per heavy atom. The number of halogens is 1. The predicted molar refractivity (Wildman–Crippen MR) is 78.0 cm³/mol. The van der Waals surface area contributed by atoms with E-state index in [0.717, 1.165) is 5.56 Å². The molecule has 0 saturated heterocycles. The van der Waals surface area contributed by atoms with Crippen LogP contribution in [0.3, 0.4) is 0 Å². The lowest BCUT2D eigenvalue weighted by Crippen LogP contribution is -2.18. The number of hydrogen-bond acceptors (Lipinski definition) is 5. The zero-order valence-electron chi connectivity index (χ0n) is 11.8. The Morgan fingerprint density at radius 3 is 2.61 bits per heavy atom. The molecule has 116 valence electrons. The van der Waals surface area contributed by atoms with Crippen molar-refractivity contribution in [3.05, 3.63) is 65.5 Å². The van der Waals surface area contributed by atoms with Crippen LogP contribution in [0.4, 0.5) is 4.39 Å². The second kappa shape index (κ2) is 6.32. The number of rotatable bonds is 4. The first kappa shape index (κ1) is 14.8. The van der Waals surface area contributed by atoms with Crippen molar-refractivity contribution in [1.82, 2.24) is 25.7 Å². The summed E-state index contributed by atoms with van der Waals surface area (Å²) in [7, 11) is 0. The van der Waals surface area contributed by atoms with E-state index in [1.807, 2.05) is 0 Å². The minimum Gasteiger partial charge on any atom is -0.288 e. The molecule has 1 amide bonds. The first-order chi connectivity index (χ1) is 11.2. The van der Waals surface area contributed by atoms with Crippen molar-refractivity contribution >= 4 is 5.91 Å². The third-order valence-electron chi connectivity index (χ3n) is 3.21. The van der Waals surface area contributed by atoms with Crippen molar-refractivity contribution in [2.75, 3.05) is 0 Å². The molecule has 7 nitrogen and oxygen atoms in total. The van der Waals surface area contributed by atoms with Crippen molar-refractivity contribution in [2.45, 2.75) is 6.54 Å². The Hall–Kier alpha value is -3.13. The molecule has 3 rings (SSSR count). The third-order valence-corrected chi connectivity index (χ3v) is 3.21. The molecule has 0 saturated carbocycles. The van der Waals surface area contributed by atoms with Crippen LogP contribution in [0.25, 0.3) is 11.4 Å². The van der Waals surface area contributed by atoms with E-state index >= 15 is 0 Å². The molecule has 0 unspecified atom stereocenters. The number of amides is 1. The molecular formula is C15H12FN5O2. The van der Waals surface area contributed by atoms with Gasteiger partial charge in [0.1, 0.15) is 5.82 Å². The van der Waals surface area contributed by atoms with Crippen LogP contribution in [0.1, 0.15) is 15.9 Å². The highest BCUT2D eigenvalue weighted by Gasteiger charge is 2.11. The molecule has 0 aliphatic carbocycles. The summed E-state index contributed by atoms with van der Waals surface area (Å²) in [4.78, 5) is 12.6. The quantitative estimate of drug-likeness (QED) is 0.564. The van der Waals surface area contributed by atoms with Crippen LogP contribution in [0, 0.1) is 5.82 Å². The number of nitrogens with zero attached hydrogens (tertiary/aromatic N) is 4. The number of tetrazole rings is 1. The molecule has 0 aliphatic rings. The van der Waals surface area contributed by atoms with Crippen molar-refractivity contribution in [2.24, 2.45) is 0 Å². The summed E-state index contributed by atoms with van der Waals surface area (Å²) >= 11 is 0. The van der Waals surface area contributed by atoms with E-state index in [1.54, 1.807) is 47.9 Å². The lowest BCUT2D eigenvalue weighted by atomic mass is 10.1. The van der Waals surface area contributed by atoms with Gasteiger partial charge in [-0.3, -0.25) is 10.0 Å². The number of hydroxylamine groups is 1. The molecule has 0 aliphatic heterocycles. The Labute approximate surface area is 130 Å². The smallest absolute Gasteiger partial charge is 0.274 e. The molecule has 23 heavy (non-hydrogen) atoms. The van der Waals surface area contributed by atoms with Gasteiger partial charge in [-0.25, -0.2) is 9.87 Å². The first-order valence-corrected chi connectivity index (χ1v) is 6.73. The number of aromatic nitrogens is 4. The van der Waals surface area contributed by atoms with E-state index in [9.17, 15) is 9.18 Å². The van der Waals surface area contributed by atoms with E-state index in [2.05, 4.69) is 15.4 Å². The monoisotopic (exact) mass is 313 g/mol. The van der Waals surface area contributed by atoms with E-state index < -0.39 is 11.7 Å². The normalized spacial score (nSPS) is 10.5. The minimum absolute atomic E-state index is 0.208. The SMILES string of the molecule is O=C(NO)c1ccc(Cn2nnc(-c3ccccc3F)n2)cc1. The van der Waals surface area contributed by atoms with Crippen molar-refractivity contribution in [3.63, 3.8) is 0 Å². The third kappa shape index (κ3) is 3.22. The van der Waals surface area contributed by atoms with Crippen molar-refractivity contribution in [1.29, 1.82) is 0 Å². The minimum atomic E-state index is -0.586.